The number of anilines is 1. The van der Waals surface area contributed by atoms with Gasteiger partial charge < -0.3 is 15.1 Å². The fourth-order valence-corrected chi connectivity index (χ4v) is 4.96. The minimum absolute atomic E-state index is 0.0212. The summed E-state index contributed by atoms with van der Waals surface area (Å²) in [6.07, 6.45) is 2.81. The standard InChI is InChI=1S/C23H27N3O3S/c27-21(24-19-5-2-1-3-6-19)17-8-12-25(13-9-17)22(28)18-10-14-26(15-11-18)23(29)20-7-4-16-30-20/h1-7,16-18H,8-15H2,(H,24,27). The van der Waals surface area contributed by atoms with Crippen molar-refractivity contribution in [2.45, 2.75) is 25.7 Å². The Labute approximate surface area is 180 Å². The number of thiophene rings is 1. The molecule has 2 aliphatic rings. The molecule has 30 heavy (non-hydrogen) atoms. The molecule has 2 aliphatic heterocycles. The number of carbonyl (C=O) groups excluding carboxylic acids is 3. The lowest BCUT2D eigenvalue weighted by molar-refractivity contribution is -0.139. The molecule has 158 valence electrons. The molecule has 6 nitrogen and oxygen atoms in total. The number of hydrogen-bond donors (Lipinski definition) is 1. The molecule has 1 aromatic heterocycles. The molecule has 4 rings (SSSR count). The molecule has 0 atom stereocenters. The van der Waals surface area contributed by atoms with Crippen LogP contribution < -0.4 is 5.32 Å². The molecule has 1 aromatic carbocycles. The number of amides is 3. The monoisotopic (exact) mass is 425 g/mol. The van der Waals surface area contributed by atoms with Crippen molar-refractivity contribution < 1.29 is 14.4 Å². The van der Waals surface area contributed by atoms with E-state index in [4.69, 9.17) is 0 Å². The van der Waals surface area contributed by atoms with Crippen LogP contribution >= 0.6 is 11.3 Å². The van der Waals surface area contributed by atoms with E-state index in [-0.39, 0.29) is 29.6 Å². The molecule has 0 spiro atoms. The van der Waals surface area contributed by atoms with E-state index < -0.39 is 0 Å². The zero-order valence-corrected chi connectivity index (χ0v) is 17.8. The van der Waals surface area contributed by atoms with Gasteiger partial charge in [-0.3, -0.25) is 14.4 Å². The summed E-state index contributed by atoms with van der Waals surface area (Å²) in [5.41, 5.74) is 0.810. The molecule has 0 unspecified atom stereocenters. The van der Waals surface area contributed by atoms with Crippen LogP contribution in [0.2, 0.25) is 0 Å². The first-order valence-corrected chi connectivity index (χ1v) is 11.5. The van der Waals surface area contributed by atoms with Gasteiger partial charge in [0.25, 0.3) is 5.91 Å². The molecule has 0 saturated carbocycles. The number of rotatable bonds is 4. The van der Waals surface area contributed by atoms with Gasteiger partial charge in [-0.2, -0.15) is 0 Å². The summed E-state index contributed by atoms with van der Waals surface area (Å²) in [6.45, 7) is 2.51. The largest absolute Gasteiger partial charge is 0.342 e. The number of benzene rings is 1. The average Bonchev–Trinajstić information content (AvgIpc) is 3.34. The zero-order chi connectivity index (χ0) is 20.9. The molecule has 0 radical (unpaired) electrons. The van der Waals surface area contributed by atoms with E-state index in [1.54, 1.807) is 0 Å². The molecule has 0 aliphatic carbocycles. The summed E-state index contributed by atoms with van der Waals surface area (Å²) in [7, 11) is 0. The lowest BCUT2D eigenvalue weighted by atomic mass is 9.91. The van der Waals surface area contributed by atoms with E-state index in [0.29, 0.717) is 51.9 Å². The predicted octanol–water partition coefficient (Wildman–Crippen LogP) is 3.48. The van der Waals surface area contributed by atoms with E-state index in [0.717, 1.165) is 10.6 Å². The van der Waals surface area contributed by atoms with E-state index >= 15 is 0 Å². The summed E-state index contributed by atoms with van der Waals surface area (Å²) in [6, 6.07) is 13.2. The highest BCUT2D eigenvalue weighted by Crippen LogP contribution is 2.26. The fraction of sp³-hybridized carbons (Fsp3) is 0.435. The summed E-state index contributed by atoms with van der Waals surface area (Å²) >= 11 is 1.46. The van der Waals surface area contributed by atoms with Crippen molar-refractivity contribution in [2.24, 2.45) is 11.8 Å². The quantitative estimate of drug-likeness (QED) is 0.815. The van der Waals surface area contributed by atoms with Crippen LogP contribution in [-0.2, 0) is 9.59 Å². The summed E-state index contributed by atoms with van der Waals surface area (Å²) in [5.74, 6) is 0.210. The van der Waals surface area contributed by atoms with Gasteiger partial charge in [-0.1, -0.05) is 24.3 Å². The summed E-state index contributed by atoms with van der Waals surface area (Å²) < 4.78 is 0. The van der Waals surface area contributed by atoms with E-state index in [1.165, 1.54) is 11.3 Å². The van der Waals surface area contributed by atoms with Crippen molar-refractivity contribution in [2.75, 3.05) is 31.5 Å². The van der Waals surface area contributed by atoms with E-state index in [9.17, 15) is 14.4 Å². The Morgan fingerprint density at radius 2 is 1.43 bits per heavy atom. The smallest absolute Gasteiger partial charge is 0.263 e. The highest BCUT2D eigenvalue weighted by molar-refractivity contribution is 7.12. The fourth-order valence-electron chi connectivity index (χ4n) is 4.27. The molecule has 2 saturated heterocycles. The van der Waals surface area contributed by atoms with Gasteiger partial charge >= 0.3 is 0 Å². The lowest BCUT2D eigenvalue weighted by Crippen LogP contribution is -2.47. The second kappa shape index (κ2) is 9.43. The van der Waals surface area contributed by atoms with Crippen LogP contribution in [0.15, 0.2) is 47.8 Å². The minimum Gasteiger partial charge on any atom is -0.342 e. The van der Waals surface area contributed by atoms with Gasteiger partial charge in [0.15, 0.2) is 0 Å². The van der Waals surface area contributed by atoms with Gasteiger partial charge in [0, 0.05) is 43.7 Å². The Morgan fingerprint density at radius 3 is 2.07 bits per heavy atom. The molecule has 7 heteroatoms. The van der Waals surface area contributed by atoms with Gasteiger partial charge in [-0.05, 0) is 49.3 Å². The predicted molar refractivity (Wildman–Crippen MR) is 117 cm³/mol. The average molecular weight is 426 g/mol. The number of para-hydroxylation sites is 1. The maximum absolute atomic E-state index is 12.9. The number of piperidine rings is 2. The number of nitrogens with zero attached hydrogens (tertiary/aromatic N) is 2. The molecular formula is C23H27N3O3S. The number of likely N-dealkylation sites (tertiary alicyclic amines) is 2. The normalized spacial score (nSPS) is 18.3. The maximum Gasteiger partial charge on any atom is 0.263 e. The number of carbonyl (C=O) groups is 3. The third kappa shape index (κ3) is 4.73. The van der Waals surface area contributed by atoms with Crippen molar-refractivity contribution >= 4 is 34.7 Å². The second-order valence-electron chi connectivity index (χ2n) is 8.00. The number of nitrogens with one attached hydrogen (secondary N) is 1. The lowest BCUT2D eigenvalue weighted by Gasteiger charge is -2.37. The number of hydrogen-bond acceptors (Lipinski definition) is 4. The van der Waals surface area contributed by atoms with Gasteiger partial charge in [0.1, 0.15) is 0 Å². The summed E-state index contributed by atoms with van der Waals surface area (Å²) in [5, 5.41) is 4.88. The molecule has 3 amide bonds. The van der Waals surface area contributed by atoms with Crippen molar-refractivity contribution in [3.8, 4) is 0 Å². The van der Waals surface area contributed by atoms with Gasteiger partial charge in [-0.15, -0.1) is 11.3 Å². The van der Waals surface area contributed by atoms with Crippen molar-refractivity contribution in [1.82, 2.24) is 9.80 Å². The van der Waals surface area contributed by atoms with Crippen LogP contribution in [0.5, 0.6) is 0 Å². The topological polar surface area (TPSA) is 69.7 Å². The Balaban J connectivity index is 1.23. The van der Waals surface area contributed by atoms with E-state index in [1.807, 2.05) is 57.6 Å². The highest BCUT2D eigenvalue weighted by atomic mass is 32.1. The van der Waals surface area contributed by atoms with Crippen LogP contribution in [0, 0.1) is 11.8 Å². The third-order valence-electron chi connectivity index (χ3n) is 6.08. The highest BCUT2D eigenvalue weighted by Gasteiger charge is 2.33. The molecule has 3 heterocycles. The van der Waals surface area contributed by atoms with Crippen LogP contribution in [-0.4, -0.2) is 53.7 Å². The Hall–Kier alpha value is -2.67. The zero-order valence-electron chi connectivity index (χ0n) is 17.0. The Bertz CT molecular complexity index is 868. The minimum atomic E-state index is -0.0560. The van der Waals surface area contributed by atoms with Crippen LogP contribution in [0.4, 0.5) is 5.69 Å². The molecular weight excluding hydrogens is 398 g/mol. The first-order valence-electron chi connectivity index (χ1n) is 10.6. The van der Waals surface area contributed by atoms with Crippen LogP contribution in [0.25, 0.3) is 0 Å². The van der Waals surface area contributed by atoms with Gasteiger partial charge in [-0.25, -0.2) is 0 Å². The molecule has 2 fully saturated rings. The van der Waals surface area contributed by atoms with Crippen molar-refractivity contribution in [3.05, 3.63) is 52.7 Å². The van der Waals surface area contributed by atoms with Crippen LogP contribution in [0.1, 0.15) is 35.4 Å². The van der Waals surface area contributed by atoms with Crippen molar-refractivity contribution in [1.29, 1.82) is 0 Å². The molecule has 2 aromatic rings. The van der Waals surface area contributed by atoms with Gasteiger partial charge in [0.05, 0.1) is 4.88 Å². The SMILES string of the molecule is O=C(Nc1ccccc1)C1CCN(C(=O)C2CCN(C(=O)c3cccs3)CC2)CC1. The molecule has 1 N–H and O–H groups in total. The van der Waals surface area contributed by atoms with Crippen molar-refractivity contribution in [3.63, 3.8) is 0 Å². The third-order valence-corrected chi connectivity index (χ3v) is 6.94. The van der Waals surface area contributed by atoms with Crippen LogP contribution in [0.3, 0.4) is 0 Å². The van der Waals surface area contributed by atoms with E-state index in [2.05, 4.69) is 5.32 Å². The molecule has 0 bridgehead atoms. The Kier molecular flexibility index (Phi) is 6.47. The second-order valence-corrected chi connectivity index (χ2v) is 8.95. The summed E-state index contributed by atoms with van der Waals surface area (Å²) in [4.78, 5) is 42.4. The Morgan fingerprint density at radius 1 is 0.800 bits per heavy atom. The first-order chi connectivity index (χ1) is 14.6. The maximum atomic E-state index is 12.9. The van der Waals surface area contributed by atoms with Gasteiger partial charge in [0.2, 0.25) is 11.8 Å². The first kappa shape index (κ1) is 20.6.